The summed E-state index contributed by atoms with van der Waals surface area (Å²) >= 11 is 0. The van der Waals surface area contributed by atoms with E-state index in [1.165, 1.54) is 12.8 Å². The van der Waals surface area contributed by atoms with E-state index in [2.05, 4.69) is 5.92 Å². The molecule has 2 N–H and O–H groups in total. The zero-order valence-corrected chi connectivity index (χ0v) is 8.59. The Bertz CT molecular complexity index is 184. The molecule has 0 heterocycles. The summed E-state index contributed by atoms with van der Waals surface area (Å²) in [6.07, 6.45) is 12.9. The topological polar surface area (TPSA) is 49.3 Å². The molecule has 14 heavy (non-hydrogen) atoms. The minimum atomic E-state index is -0.294. The normalized spacial score (nSPS) is 9.43. The largest absolute Gasteiger partial charge is 0.289 e. The molecule has 1 amide bonds. The lowest BCUT2D eigenvalue weighted by Gasteiger charge is -2.00. The molecule has 0 fully saturated rings. The van der Waals surface area contributed by atoms with Gasteiger partial charge in [-0.1, -0.05) is 25.7 Å². The highest BCUT2D eigenvalue weighted by atomic mass is 16.5. The number of carbonyl (C=O) groups excluding carboxylic acids is 1. The van der Waals surface area contributed by atoms with E-state index in [1.807, 2.05) is 0 Å². The fourth-order valence-electron chi connectivity index (χ4n) is 1.28. The highest BCUT2D eigenvalue weighted by Gasteiger charge is 1.97. The maximum atomic E-state index is 10.6. The van der Waals surface area contributed by atoms with Gasteiger partial charge in [-0.15, -0.1) is 12.3 Å². The molecular weight excluding hydrogens is 178 g/mol. The molecule has 0 aromatic heterocycles. The minimum Gasteiger partial charge on any atom is -0.289 e. The quantitative estimate of drug-likeness (QED) is 0.271. The van der Waals surface area contributed by atoms with Crippen LogP contribution >= 0.6 is 0 Å². The summed E-state index contributed by atoms with van der Waals surface area (Å²) in [6.45, 7) is 0. The van der Waals surface area contributed by atoms with Gasteiger partial charge in [0.25, 0.3) is 0 Å². The molecule has 3 nitrogen and oxygen atoms in total. The molecule has 0 unspecified atom stereocenters. The molecular formula is C11H19NO2. The molecule has 0 rings (SSSR count). The lowest BCUT2D eigenvalue weighted by molar-refractivity contribution is -0.129. The second kappa shape index (κ2) is 10.1. The second-order valence-corrected chi connectivity index (χ2v) is 3.36. The molecule has 0 aromatic rings. The van der Waals surface area contributed by atoms with E-state index in [1.54, 1.807) is 5.48 Å². The molecule has 0 aromatic carbocycles. The van der Waals surface area contributed by atoms with Crippen LogP contribution in [0.1, 0.15) is 51.4 Å². The molecule has 3 heteroatoms. The molecule has 80 valence electrons. The zero-order valence-electron chi connectivity index (χ0n) is 8.59. The van der Waals surface area contributed by atoms with E-state index in [0.29, 0.717) is 6.42 Å². The van der Waals surface area contributed by atoms with E-state index in [4.69, 9.17) is 11.6 Å². The van der Waals surface area contributed by atoms with Crippen molar-refractivity contribution in [3.05, 3.63) is 0 Å². The van der Waals surface area contributed by atoms with Gasteiger partial charge in [-0.3, -0.25) is 10.0 Å². The van der Waals surface area contributed by atoms with E-state index < -0.39 is 0 Å². The number of unbranched alkanes of at least 4 members (excludes halogenated alkanes) is 6. The zero-order chi connectivity index (χ0) is 10.6. The standard InChI is InChI=1S/C11H19NO2/c1-2-3-4-5-6-7-8-9-10-11(13)12-14/h1,14H,3-10H2,(H,12,13). The van der Waals surface area contributed by atoms with Crippen molar-refractivity contribution < 1.29 is 10.0 Å². The first-order valence-corrected chi connectivity index (χ1v) is 5.17. The van der Waals surface area contributed by atoms with Crippen molar-refractivity contribution >= 4 is 5.91 Å². The SMILES string of the molecule is C#CCCCCCCCCC(=O)NO. The number of amides is 1. The molecule has 0 saturated heterocycles. The summed E-state index contributed by atoms with van der Waals surface area (Å²) in [5.41, 5.74) is 1.62. The lowest BCUT2D eigenvalue weighted by Crippen LogP contribution is -2.17. The van der Waals surface area contributed by atoms with Crippen LogP contribution in [0.5, 0.6) is 0 Å². The monoisotopic (exact) mass is 197 g/mol. The van der Waals surface area contributed by atoms with Crippen molar-refractivity contribution in [1.82, 2.24) is 5.48 Å². The molecule has 0 spiro atoms. The molecule has 0 aliphatic carbocycles. The smallest absolute Gasteiger partial charge is 0.243 e. The summed E-state index contributed by atoms with van der Waals surface area (Å²) in [7, 11) is 0. The van der Waals surface area contributed by atoms with Gasteiger partial charge < -0.3 is 0 Å². The molecule has 0 aliphatic rings. The van der Waals surface area contributed by atoms with E-state index in [-0.39, 0.29) is 5.91 Å². The molecule has 0 aliphatic heterocycles. The summed E-state index contributed by atoms with van der Waals surface area (Å²) in [6, 6.07) is 0. The van der Waals surface area contributed by atoms with Crippen molar-refractivity contribution in [2.75, 3.05) is 0 Å². The van der Waals surface area contributed by atoms with Crippen LogP contribution in [-0.4, -0.2) is 11.1 Å². The first-order chi connectivity index (χ1) is 6.81. The Kier molecular flexibility index (Phi) is 9.35. The summed E-state index contributed by atoms with van der Waals surface area (Å²) in [4.78, 5) is 10.6. The van der Waals surface area contributed by atoms with Gasteiger partial charge in [-0.25, -0.2) is 5.48 Å². The Labute approximate surface area is 85.8 Å². The van der Waals surface area contributed by atoms with Crippen LogP contribution in [-0.2, 0) is 4.79 Å². The van der Waals surface area contributed by atoms with Gasteiger partial charge in [-0.05, 0) is 12.8 Å². The second-order valence-electron chi connectivity index (χ2n) is 3.36. The predicted molar refractivity (Wildman–Crippen MR) is 55.7 cm³/mol. The average molecular weight is 197 g/mol. The van der Waals surface area contributed by atoms with Crippen molar-refractivity contribution in [1.29, 1.82) is 0 Å². The van der Waals surface area contributed by atoms with Crippen LogP contribution < -0.4 is 5.48 Å². The first kappa shape index (κ1) is 13.0. The van der Waals surface area contributed by atoms with Crippen LogP contribution in [0.2, 0.25) is 0 Å². The van der Waals surface area contributed by atoms with Crippen LogP contribution in [0.3, 0.4) is 0 Å². The highest BCUT2D eigenvalue weighted by molar-refractivity contribution is 5.74. The van der Waals surface area contributed by atoms with Gasteiger partial charge in [0.1, 0.15) is 0 Å². The van der Waals surface area contributed by atoms with Crippen LogP contribution in [0.25, 0.3) is 0 Å². The van der Waals surface area contributed by atoms with E-state index in [0.717, 1.165) is 32.1 Å². The molecule has 0 radical (unpaired) electrons. The maximum Gasteiger partial charge on any atom is 0.243 e. The Morgan fingerprint density at radius 1 is 1.14 bits per heavy atom. The van der Waals surface area contributed by atoms with Gasteiger partial charge >= 0.3 is 0 Å². The number of hydrogen-bond acceptors (Lipinski definition) is 2. The molecule has 0 atom stereocenters. The van der Waals surface area contributed by atoms with Crippen LogP contribution in [0, 0.1) is 12.3 Å². The third-order valence-corrected chi connectivity index (χ3v) is 2.10. The number of hydroxylamine groups is 1. The Morgan fingerprint density at radius 2 is 1.71 bits per heavy atom. The number of terminal acetylenes is 1. The third-order valence-electron chi connectivity index (χ3n) is 2.10. The molecule has 0 bridgehead atoms. The lowest BCUT2D eigenvalue weighted by atomic mass is 10.1. The maximum absolute atomic E-state index is 10.6. The number of carbonyl (C=O) groups is 1. The van der Waals surface area contributed by atoms with Gasteiger partial charge in [-0.2, -0.15) is 0 Å². The van der Waals surface area contributed by atoms with Crippen molar-refractivity contribution in [2.24, 2.45) is 0 Å². The van der Waals surface area contributed by atoms with Crippen molar-refractivity contribution in [3.63, 3.8) is 0 Å². The van der Waals surface area contributed by atoms with Crippen LogP contribution in [0.15, 0.2) is 0 Å². The molecule has 0 saturated carbocycles. The van der Waals surface area contributed by atoms with Gasteiger partial charge in [0.2, 0.25) is 5.91 Å². The fourth-order valence-corrected chi connectivity index (χ4v) is 1.28. The number of rotatable bonds is 8. The van der Waals surface area contributed by atoms with Crippen molar-refractivity contribution in [2.45, 2.75) is 51.4 Å². The van der Waals surface area contributed by atoms with Gasteiger partial charge in [0, 0.05) is 12.8 Å². The first-order valence-electron chi connectivity index (χ1n) is 5.17. The Morgan fingerprint density at radius 3 is 2.29 bits per heavy atom. The summed E-state index contributed by atoms with van der Waals surface area (Å²) < 4.78 is 0. The summed E-state index contributed by atoms with van der Waals surface area (Å²) in [5, 5.41) is 8.22. The highest BCUT2D eigenvalue weighted by Crippen LogP contribution is 2.07. The number of nitrogens with one attached hydrogen (secondary N) is 1. The van der Waals surface area contributed by atoms with E-state index >= 15 is 0 Å². The van der Waals surface area contributed by atoms with E-state index in [9.17, 15) is 4.79 Å². The predicted octanol–water partition coefficient (Wildman–Crippen LogP) is 2.25. The minimum absolute atomic E-state index is 0.294. The van der Waals surface area contributed by atoms with Gasteiger partial charge in [0.05, 0.1) is 0 Å². The fraction of sp³-hybridized carbons (Fsp3) is 0.727. The average Bonchev–Trinajstić information content (AvgIpc) is 2.21. The summed E-state index contributed by atoms with van der Waals surface area (Å²) in [5.74, 6) is 2.32. The Hall–Kier alpha value is -1.01. The Balaban J connectivity index is 3.00. The van der Waals surface area contributed by atoms with Gasteiger partial charge in [0.15, 0.2) is 0 Å². The number of hydrogen-bond donors (Lipinski definition) is 2. The third kappa shape index (κ3) is 9.08. The van der Waals surface area contributed by atoms with Crippen molar-refractivity contribution in [3.8, 4) is 12.3 Å². The van der Waals surface area contributed by atoms with Crippen LogP contribution in [0.4, 0.5) is 0 Å².